The Bertz CT molecular complexity index is 439. The van der Waals surface area contributed by atoms with E-state index in [2.05, 4.69) is 5.32 Å². The summed E-state index contributed by atoms with van der Waals surface area (Å²) in [6.45, 7) is 0.948. The number of aliphatic hydroxyl groups is 1. The molecule has 0 aliphatic heterocycles. The summed E-state index contributed by atoms with van der Waals surface area (Å²) in [6.07, 6.45) is 3.37. The van der Waals surface area contributed by atoms with E-state index in [0.29, 0.717) is 24.1 Å². The highest BCUT2D eigenvalue weighted by Gasteiger charge is 2.26. The van der Waals surface area contributed by atoms with Gasteiger partial charge in [0.25, 0.3) is 0 Å². The number of carbonyl (C=O) groups excluding carboxylic acids is 1. The molecule has 1 aromatic rings. The summed E-state index contributed by atoms with van der Waals surface area (Å²) in [4.78, 5) is 13.0. The lowest BCUT2D eigenvalue weighted by Crippen LogP contribution is -2.32. The summed E-state index contributed by atoms with van der Waals surface area (Å²) in [5, 5.41) is 12.2. The summed E-state index contributed by atoms with van der Waals surface area (Å²) in [6, 6.07) is 3.89. The second-order valence-corrected chi connectivity index (χ2v) is 7.92. The van der Waals surface area contributed by atoms with Crippen LogP contribution in [-0.2, 0) is 10.5 Å². The van der Waals surface area contributed by atoms with Crippen molar-refractivity contribution >= 4 is 40.6 Å². The van der Waals surface area contributed by atoms with Crippen LogP contribution < -0.4 is 5.32 Å². The summed E-state index contributed by atoms with van der Waals surface area (Å²) in [5.74, 6) is 2.21. The topological polar surface area (TPSA) is 49.3 Å². The second kappa shape index (κ2) is 8.27. The first-order valence-electron chi connectivity index (χ1n) is 6.88. The van der Waals surface area contributed by atoms with E-state index < -0.39 is 0 Å². The number of carbonyl (C=O) groups is 1. The molecule has 2 N–H and O–H groups in total. The second-order valence-electron chi connectivity index (χ2n) is 5.14. The summed E-state index contributed by atoms with van der Waals surface area (Å²) in [5.41, 5.74) is 0. The van der Waals surface area contributed by atoms with Crippen LogP contribution in [0.1, 0.15) is 24.1 Å². The van der Waals surface area contributed by atoms with Crippen molar-refractivity contribution in [3.05, 3.63) is 21.3 Å². The molecule has 3 nitrogen and oxygen atoms in total. The predicted molar refractivity (Wildman–Crippen MR) is 86.4 cm³/mol. The number of amides is 1. The Hall–Kier alpha value is -0.230. The molecule has 112 valence electrons. The minimum atomic E-state index is 0.0845. The Labute approximate surface area is 133 Å². The molecule has 1 saturated carbocycles. The third kappa shape index (κ3) is 4.95. The molecule has 1 aliphatic rings. The maximum absolute atomic E-state index is 11.8. The minimum absolute atomic E-state index is 0.0845. The Balaban J connectivity index is 1.60. The largest absolute Gasteiger partial charge is 0.396 e. The molecule has 1 fully saturated rings. The van der Waals surface area contributed by atoms with Gasteiger partial charge in [0.15, 0.2) is 0 Å². The summed E-state index contributed by atoms with van der Waals surface area (Å²) in [7, 11) is 0. The van der Waals surface area contributed by atoms with Crippen LogP contribution in [-0.4, -0.2) is 29.9 Å². The number of hydrogen-bond acceptors (Lipinski definition) is 4. The Morgan fingerprint density at radius 2 is 2.25 bits per heavy atom. The van der Waals surface area contributed by atoms with Crippen molar-refractivity contribution in [2.75, 3.05) is 18.9 Å². The van der Waals surface area contributed by atoms with Gasteiger partial charge < -0.3 is 10.4 Å². The van der Waals surface area contributed by atoms with Gasteiger partial charge in [-0.1, -0.05) is 18.0 Å². The maximum atomic E-state index is 11.8. The van der Waals surface area contributed by atoms with Crippen molar-refractivity contribution < 1.29 is 9.90 Å². The average molecular weight is 334 g/mol. The van der Waals surface area contributed by atoms with Gasteiger partial charge in [-0.05, 0) is 36.8 Å². The van der Waals surface area contributed by atoms with Gasteiger partial charge in [-0.3, -0.25) is 4.79 Å². The van der Waals surface area contributed by atoms with Crippen molar-refractivity contribution in [3.8, 4) is 0 Å². The first kappa shape index (κ1) is 16.1. The smallest absolute Gasteiger partial charge is 0.230 e. The lowest BCUT2D eigenvalue weighted by molar-refractivity contribution is -0.118. The minimum Gasteiger partial charge on any atom is -0.396 e. The van der Waals surface area contributed by atoms with E-state index in [9.17, 15) is 9.90 Å². The molecular weight excluding hydrogens is 314 g/mol. The molecule has 20 heavy (non-hydrogen) atoms. The quantitative estimate of drug-likeness (QED) is 0.805. The summed E-state index contributed by atoms with van der Waals surface area (Å²) >= 11 is 9.03. The SMILES string of the molecule is O=C(CSCc1ccc(Cl)s1)NCC1CCCC1CO. The van der Waals surface area contributed by atoms with E-state index >= 15 is 0 Å². The molecule has 6 heteroatoms. The highest BCUT2D eigenvalue weighted by atomic mass is 35.5. The number of rotatable bonds is 7. The van der Waals surface area contributed by atoms with Gasteiger partial charge in [-0.2, -0.15) is 0 Å². The Morgan fingerprint density at radius 3 is 2.95 bits per heavy atom. The van der Waals surface area contributed by atoms with Crippen molar-refractivity contribution in [3.63, 3.8) is 0 Å². The first-order valence-corrected chi connectivity index (χ1v) is 9.23. The normalized spacial score (nSPS) is 22.1. The third-order valence-corrected chi connectivity index (χ3v) is 6.11. The Kier molecular flexibility index (Phi) is 6.68. The van der Waals surface area contributed by atoms with Crippen molar-refractivity contribution in [1.82, 2.24) is 5.32 Å². The number of hydrogen-bond donors (Lipinski definition) is 2. The van der Waals surface area contributed by atoms with Gasteiger partial charge in [0, 0.05) is 23.8 Å². The first-order chi connectivity index (χ1) is 9.69. The highest BCUT2D eigenvalue weighted by molar-refractivity contribution is 7.99. The summed E-state index contributed by atoms with van der Waals surface area (Å²) < 4.78 is 0.793. The Morgan fingerprint density at radius 1 is 1.45 bits per heavy atom. The van der Waals surface area contributed by atoms with Crippen LogP contribution >= 0.6 is 34.7 Å². The van der Waals surface area contributed by atoms with Gasteiger partial charge >= 0.3 is 0 Å². The van der Waals surface area contributed by atoms with E-state index in [1.807, 2.05) is 12.1 Å². The van der Waals surface area contributed by atoms with Crippen LogP contribution in [0.15, 0.2) is 12.1 Å². The fourth-order valence-corrected chi connectivity index (χ4v) is 4.65. The van der Waals surface area contributed by atoms with Gasteiger partial charge in [0.05, 0.1) is 10.1 Å². The van der Waals surface area contributed by atoms with Gasteiger partial charge in [-0.15, -0.1) is 23.1 Å². The molecule has 2 rings (SSSR count). The zero-order valence-corrected chi connectivity index (χ0v) is 13.7. The lowest BCUT2D eigenvalue weighted by Gasteiger charge is -2.17. The number of halogens is 1. The number of thiophene rings is 1. The van der Waals surface area contributed by atoms with Gasteiger partial charge in [-0.25, -0.2) is 0 Å². The monoisotopic (exact) mass is 333 g/mol. The molecule has 1 heterocycles. The van der Waals surface area contributed by atoms with Crippen LogP contribution in [0.25, 0.3) is 0 Å². The van der Waals surface area contributed by atoms with Crippen LogP contribution in [0.5, 0.6) is 0 Å². The molecule has 0 aromatic carbocycles. The van der Waals surface area contributed by atoms with E-state index in [1.165, 1.54) is 11.3 Å². The molecule has 2 unspecified atom stereocenters. The maximum Gasteiger partial charge on any atom is 0.230 e. The molecular formula is C14H20ClNO2S2. The number of thioether (sulfide) groups is 1. The van der Waals surface area contributed by atoms with Crippen molar-refractivity contribution in [1.29, 1.82) is 0 Å². The van der Waals surface area contributed by atoms with E-state index in [4.69, 9.17) is 11.6 Å². The lowest BCUT2D eigenvalue weighted by atomic mass is 9.97. The number of nitrogens with one attached hydrogen (secondary N) is 1. The molecule has 1 aliphatic carbocycles. The fraction of sp³-hybridized carbons (Fsp3) is 0.643. The highest BCUT2D eigenvalue weighted by Crippen LogP contribution is 2.30. The van der Waals surface area contributed by atoms with Crippen molar-refractivity contribution in [2.45, 2.75) is 25.0 Å². The molecule has 1 amide bonds. The average Bonchev–Trinajstić information content (AvgIpc) is 3.05. The van der Waals surface area contributed by atoms with Crippen LogP contribution in [0.2, 0.25) is 4.34 Å². The predicted octanol–water partition coefficient (Wildman–Crippen LogP) is 3.16. The molecule has 1 aromatic heterocycles. The standard InChI is InChI=1S/C14H20ClNO2S2/c15-13-5-4-12(20-13)8-19-9-14(18)16-6-10-2-1-3-11(10)7-17/h4-5,10-11,17H,1-3,6-9H2,(H,16,18). The molecule has 0 bridgehead atoms. The van der Waals surface area contributed by atoms with Crippen LogP contribution in [0, 0.1) is 11.8 Å². The van der Waals surface area contributed by atoms with E-state index in [1.54, 1.807) is 23.1 Å². The van der Waals surface area contributed by atoms with Gasteiger partial charge in [0.2, 0.25) is 5.91 Å². The van der Waals surface area contributed by atoms with Crippen LogP contribution in [0.4, 0.5) is 0 Å². The molecule has 0 spiro atoms. The van der Waals surface area contributed by atoms with Crippen LogP contribution in [0.3, 0.4) is 0 Å². The number of aliphatic hydroxyl groups excluding tert-OH is 1. The van der Waals surface area contributed by atoms with Gasteiger partial charge in [0.1, 0.15) is 0 Å². The zero-order chi connectivity index (χ0) is 14.4. The molecule has 2 atom stereocenters. The fourth-order valence-electron chi connectivity index (χ4n) is 2.59. The zero-order valence-electron chi connectivity index (χ0n) is 11.3. The molecule has 0 radical (unpaired) electrons. The van der Waals surface area contributed by atoms with E-state index in [-0.39, 0.29) is 12.5 Å². The van der Waals surface area contributed by atoms with Crippen molar-refractivity contribution in [2.24, 2.45) is 11.8 Å². The molecule has 0 saturated heterocycles. The van der Waals surface area contributed by atoms with E-state index in [0.717, 1.165) is 22.9 Å². The third-order valence-electron chi connectivity index (χ3n) is 3.72.